The summed E-state index contributed by atoms with van der Waals surface area (Å²) in [5, 5.41) is 9.37. The van der Waals surface area contributed by atoms with Crippen molar-refractivity contribution in [1.29, 1.82) is 0 Å². The van der Waals surface area contributed by atoms with Crippen LogP contribution in [0.3, 0.4) is 0 Å². The second kappa shape index (κ2) is 6.09. The van der Waals surface area contributed by atoms with Crippen molar-refractivity contribution in [1.82, 2.24) is 0 Å². The minimum atomic E-state index is -0.829. The number of aromatic carboxylic acids is 1. The summed E-state index contributed by atoms with van der Waals surface area (Å²) in [6.45, 7) is 5.00. The van der Waals surface area contributed by atoms with Gasteiger partial charge >= 0.3 is 5.97 Å². The van der Waals surface area contributed by atoms with E-state index in [0.717, 1.165) is 17.8 Å². The van der Waals surface area contributed by atoms with E-state index in [9.17, 15) is 9.90 Å². The minimum Gasteiger partial charge on any atom is -0.478 e. The van der Waals surface area contributed by atoms with Crippen LogP contribution in [0.5, 0.6) is 0 Å². The second-order valence-corrected chi connectivity index (χ2v) is 5.40. The lowest BCUT2D eigenvalue weighted by Gasteiger charge is -2.36. The SMILES string of the molecule is CCN(c1cc(C)ccc1C(=O)O)C1CCCCC1. The van der Waals surface area contributed by atoms with Crippen molar-refractivity contribution >= 4 is 11.7 Å². The van der Waals surface area contributed by atoms with E-state index in [1.807, 2.05) is 19.1 Å². The molecule has 0 saturated heterocycles. The number of carboxylic acids is 1. The third-order valence-corrected chi connectivity index (χ3v) is 4.05. The predicted molar refractivity (Wildman–Crippen MR) is 78.0 cm³/mol. The fourth-order valence-electron chi connectivity index (χ4n) is 3.08. The second-order valence-electron chi connectivity index (χ2n) is 5.40. The van der Waals surface area contributed by atoms with Crippen molar-refractivity contribution in [2.45, 2.75) is 52.0 Å². The van der Waals surface area contributed by atoms with Crippen LogP contribution in [-0.2, 0) is 0 Å². The zero-order chi connectivity index (χ0) is 13.8. The highest BCUT2D eigenvalue weighted by Crippen LogP contribution is 2.30. The number of hydrogen-bond acceptors (Lipinski definition) is 2. The number of anilines is 1. The van der Waals surface area contributed by atoms with Crippen LogP contribution >= 0.6 is 0 Å². The van der Waals surface area contributed by atoms with Gasteiger partial charge in [-0.15, -0.1) is 0 Å². The van der Waals surface area contributed by atoms with E-state index in [0.29, 0.717) is 11.6 Å². The number of nitrogens with zero attached hydrogens (tertiary/aromatic N) is 1. The fraction of sp³-hybridized carbons (Fsp3) is 0.562. The lowest BCUT2D eigenvalue weighted by Crippen LogP contribution is -2.37. The molecule has 0 bridgehead atoms. The molecule has 0 spiro atoms. The molecule has 3 nitrogen and oxygen atoms in total. The molecular formula is C16H23NO2. The Balaban J connectivity index is 2.35. The molecule has 0 heterocycles. The van der Waals surface area contributed by atoms with Crippen molar-refractivity contribution in [3.8, 4) is 0 Å². The standard InChI is InChI=1S/C16H23NO2/c1-3-17(13-7-5-4-6-8-13)15-11-12(2)9-10-14(15)16(18)19/h9-11,13H,3-8H2,1-2H3,(H,18,19). The van der Waals surface area contributed by atoms with Gasteiger partial charge in [-0.1, -0.05) is 25.3 Å². The van der Waals surface area contributed by atoms with Crippen molar-refractivity contribution < 1.29 is 9.90 Å². The normalized spacial score (nSPS) is 16.3. The van der Waals surface area contributed by atoms with Crippen LogP contribution < -0.4 is 4.90 Å². The van der Waals surface area contributed by atoms with Gasteiger partial charge in [0, 0.05) is 12.6 Å². The molecule has 0 aliphatic heterocycles. The highest BCUT2D eigenvalue weighted by Gasteiger charge is 2.23. The number of aryl methyl sites for hydroxylation is 1. The molecule has 0 atom stereocenters. The van der Waals surface area contributed by atoms with Gasteiger partial charge in [-0.2, -0.15) is 0 Å². The van der Waals surface area contributed by atoms with Gasteiger partial charge in [0.2, 0.25) is 0 Å². The van der Waals surface area contributed by atoms with Crippen molar-refractivity contribution in [2.75, 3.05) is 11.4 Å². The maximum absolute atomic E-state index is 11.4. The van der Waals surface area contributed by atoms with E-state index >= 15 is 0 Å². The Morgan fingerprint density at radius 1 is 1.32 bits per heavy atom. The zero-order valence-electron chi connectivity index (χ0n) is 11.9. The Kier molecular flexibility index (Phi) is 4.46. The molecule has 2 rings (SSSR count). The molecule has 1 aromatic carbocycles. The molecule has 1 aromatic rings. The smallest absolute Gasteiger partial charge is 0.337 e. The topological polar surface area (TPSA) is 40.5 Å². The lowest BCUT2D eigenvalue weighted by atomic mass is 9.93. The first-order valence-electron chi connectivity index (χ1n) is 7.24. The highest BCUT2D eigenvalue weighted by molar-refractivity contribution is 5.94. The predicted octanol–water partition coefficient (Wildman–Crippen LogP) is 3.85. The molecule has 1 fully saturated rings. The molecule has 1 N–H and O–H groups in total. The van der Waals surface area contributed by atoms with Crippen LogP contribution in [-0.4, -0.2) is 23.7 Å². The summed E-state index contributed by atoms with van der Waals surface area (Å²) in [4.78, 5) is 13.7. The quantitative estimate of drug-likeness (QED) is 0.895. The molecule has 1 aliphatic carbocycles. The Morgan fingerprint density at radius 2 is 2.00 bits per heavy atom. The van der Waals surface area contributed by atoms with Gasteiger partial charge in [-0.25, -0.2) is 4.79 Å². The Hall–Kier alpha value is -1.51. The Morgan fingerprint density at radius 3 is 2.58 bits per heavy atom. The summed E-state index contributed by atoms with van der Waals surface area (Å²) in [7, 11) is 0. The summed E-state index contributed by atoms with van der Waals surface area (Å²) < 4.78 is 0. The number of carbonyl (C=O) groups is 1. The molecule has 0 unspecified atom stereocenters. The Labute approximate surface area is 115 Å². The van der Waals surface area contributed by atoms with Crippen molar-refractivity contribution in [3.05, 3.63) is 29.3 Å². The molecule has 1 saturated carbocycles. The maximum atomic E-state index is 11.4. The van der Waals surface area contributed by atoms with Gasteiger partial charge in [0.05, 0.1) is 11.3 Å². The number of carboxylic acid groups (broad SMARTS) is 1. The van der Waals surface area contributed by atoms with E-state index in [4.69, 9.17) is 0 Å². The summed E-state index contributed by atoms with van der Waals surface area (Å²) in [6, 6.07) is 6.13. The van der Waals surface area contributed by atoms with Crippen molar-refractivity contribution in [3.63, 3.8) is 0 Å². The van der Waals surface area contributed by atoms with Gasteiger partial charge in [0.15, 0.2) is 0 Å². The first-order valence-corrected chi connectivity index (χ1v) is 7.24. The maximum Gasteiger partial charge on any atom is 0.337 e. The summed E-state index contributed by atoms with van der Waals surface area (Å²) >= 11 is 0. The lowest BCUT2D eigenvalue weighted by molar-refractivity contribution is 0.0697. The average molecular weight is 261 g/mol. The number of rotatable bonds is 4. The van der Waals surface area contributed by atoms with Gasteiger partial charge in [-0.05, 0) is 44.4 Å². The van der Waals surface area contributed by atoms with Gasteiger partial charge in [0.1, 0.15) is 0 Å². The Bertz CT molecular complexity index is 450. The third-order valence-electron chi connectivity index (χ3n) is 4.05. The first kappa shape index (κ1) is 13.9. The van der Waals surface area contributed by atoms with Crippen LogP contribution in [0.25, 0.3) is 0 Å². The summed E-state index contributed by atoms with van der Waals surface area (Å²) in [5.41, 5.74) is 2.44. The van der Waals surface area contributed by atoms with Crippen LogP contribution in [0.15, 0.2) is 18.2 Å². The zero-order valence-corrected chi connectivity index (χ0v) is 11.9. The summed E-state index contributed by atoms with van der Waals surface area (Å²) in [6.07, 6.45) is 6.19. The summed E-state index contributed by atoms with van der Waals surface area (Å²) in [5.74, 6) is -0.829. The van der Waals surface area contributed by atoms with E-state index in [1.54, 1.807) is 6.07 Å². The molecule has 3 heteroatoms. The molecule has 19 heavy (non-hydrogen) atoms. The van der Waals surface area contributed by atoms with Crippen LogP contribution in [0.1, 0.15) is 54.9 Å². The van der Waals surface area contributed by atoms with E-state index < -0.39 is 5.97 Å². The monoisotopic (exact) mass is 261 g/mol. The van der Waals surface area contributed by atoms with Gasteiger partial charge < -0.3 is 10.0 Å². The largest absolute Gasteiger partial charge is 0.478 e. The van der Waals surface area contributed by atoms with Crippen molar-refractivity contribution in [2.24, 2.45) is 0 Å². The molecular weight excluding hydrogens is 238 g/mol. The fourth-order valence-corrected chi connectivity index (χ4v) is 3.08. The van der Waals surface area contributed by atoms with Crippen LogP contribution in [0.4, 0.5) is 5.69 Å². The molecule has 0 radical (unpaired) electrons. The minimum absolute atomic E-state index is 0.429. The van der Waals surface area contributed by atoms with Crippen LogP contribution in [0.2, 0.25) is 0 Å². The molecule has 1 aliphatic rings. The number of hydrogen-bond donors (Lipinski definition) is 1. The highest BCUT2D eigenvalue weighted by atomic mass is 16.4. The van der Waals surface area contributed by atoms with Gasteiger partial charge in [-0.3, -0.25) is 0 Å². The van der Waals surface area contributed by atoms with E-state index in [-0.39, 0.29) is 0 Å². The first-order chi connectivity index (χ1) is 9.13. The number of benzene rings is 1. The molecule has 104 valence electrons. The van der Waals surface area contributed by atoms with Gasteiger partial charge in [0.25, 0.3) is 0 Å². The average Bonchev–Trinajstić information content (AvgIpc) is 2.40. The third kappa shape index (κ3) is 3.09. The van der Waals surface area contributed by atoms with Crippen LogP contribution in [0, 0.1) is 6.92 Å². The molecule has 0 aromatic heterocycles. The molecule has 0 amide bonds. The van der Waals surface area contributed by atoms with E-state index in [1.165, 1.54) is 32.1 Å². The van der Waals surface area contributed by atoms with E-state index in [2.05, 4.69) is 11.8 Å².